The van der Waals surface area contributed by atoms with Gasteiger partial charge in [0.2, 0.25) is 5.54 Å². The molecule has 0 aliphatic carbocycles. The van der Waals surface area contributed by atoms with Crippen LogP contribution in [-0.4, -0.2) is 46.8 Å². The van der Waals surface area contributed by atoms with Gasteiger partial charge in [0.15, 0.2) is 0 Å². The minimum Gasteiger partial charge on any atom is -0.481 e. The number of nitrogens with two attached hydrogens (primary N) is 2. The van der Waals surface area contributed by atoms with Crippen molar-refractivity contribution >= 4 is 17.9 Å². The molecule has 8 nitrogen and oxygen atoms in total. The van der Waals surface area contributed by atoms with Crippen molar-refractivity contribution in [1.82, 2.24) is 0 Å². The number of carboxylic acids is 2. The number of carbonyl (C=O) groups is 3. The molecule has 6 N–H and O–H groups in total. The largest absolute Gasteiger partial charge is 0.481 e. The number of rotatable bonds is 9. The maximum absolute atomic E-state index is 11.6. The van der Waals surface area contributed by atoms with E-state index in [-0.39, 0.29) is 13.0 Å². The highest BCUT2D eigenvalue weighted by Gasteiger charge is 2.43. The Balaban J connectivity index is 0. The van der Waals surface area contributed by atoms with Crippen molar-refractivity contribution in [3.8, 4) is 0 Å². The highest BCUT2D eigenvalue weighted by Crippen LogP contribution is 2.14. The lowest BCUT2D eigenvalue weighted by atomic mass is 9.94. The number of unbranched alkanes of at least 4 members (excludes halogenated alkanes) is 2. The molecule has 0 amide bonds. The molecule has 124 valence electrons. The average molecular weight is 306 g/mol. The first-order valence-corrected chi connectivity index (χ1v) is 6.81. The van der Waals surface area contributed by atoms with Crippen LogP contribution in [0.5, 0.6) is 0 Å². The maximum atomic E-state index is 11.6. The lowest BCUT2D eigenvalue weighted by Crippen LogP contribution is -2.55. The molecule has 0 spiro atoms. The van der Waals surface area contributed by atoms with E-state index in [2.05, 4.69) is 0 Å². The van der Waals surface area contributed by atoms with E-state index in [1.807, 2.05) is 6.92 Å². The van der Waals surface area contributed by atoms with Crippen molar-refractivity contribution in [3.63, 3.8) is 0 Å². The maximum Gasteiger partial charge on any atom is 0.337 e. The summed E-state index contributed by atoms with van der Waals surface area (Å²) in [5.41, 5.74) is 8.95. The van der Waals surface area contributed by atoms with E-state index in [4.69, 9.17) is 31.2 Å². The van der Waals surface area contributed by atoms with E-state index in [9.17, 15) is 9.59 Å². The standard InChI is InChI=1S/C11H22N2O4.C2H4O2/c1-2-3-8-17-10(16)11(13,9(14)15)6-4-5-7-12;1-2(3)4/h2-8,12-13H2,1H3,(H,14,15);1H3,(H,3,4)/t11-;/m0./s1. The van der Waals surface area contributed by atoms with Gasteiger partial charge in [-0.25, -0.2) is 9.59 Å². The van der Waals surface area contributed by atoms with E-state index in [1.165, 1.54) is 0 Å². The van der Waals surface area contributed by atoms with Crippen LogP contribution in [0.4, 0.5) is 0 Å². The van der Waals surface area contributed by atoms with Crippen LogP contribution in [0.15, 0.2) is 0 Å². The molecule has 0 heterocycles. The normalized spacial score (nSPS) is 12.6. The molecule has 0 fully saturated rings. The average Bonchev–Trinajstić information content (AvgIpc) is 2.38. The third-order valence-electron chi connectivity index (χ3n) is 2.50. The van der Waals surface area contributed by atoms with Gasteiger partial charge in [0, 0.05) is 6.92 Å². The molecule has 0 aliphatic rings. The monoisotopic (exact) mass is 306 g/mol. The van der Waals surface area contributed by atoms with Gasteiger partial charge in [-0.2, -0.15) is 0 Å². The molecule has 0 radical (unpaired) electrons. The van der Waals surface area contributed by atoms with Gasteiger partial charge in [-0.05, 0) is 32.2 Å². The number of ether oxygens (including phenoxy) is 1. The summed E-state index contributed by atoms with van der Waals surface area (Å²) in [6, 6.07) is 0. The number of carboxylic acid groups (broad SMARTS) is 2. The number of esters is 1. The molecule has 0 aromatic carbocycles. The number of aliphatic carboxylic acids is 2. The second-order valence-corrected chi connectivity index (χ2v) is 4.53. The van der Waals surface area contributed by atoms with Crippen LogP contribution in [0.2, 0.25) is 0 Å². The lowest BCUT2D eigenvalue weighted by molar-refractivity contribution is -0.161. The highest BCUT2D eigenvalue weighted by atomic mass is 16.5. The number of hydrogen-bond acceptors (Lipinski definition) is 6. The molecule has 0 aliphatic heterocycles. The predicted molar refractivity (Wildman–Crippen MR) is 76.6 cm³/mol. The van der Waals surface area contributed by atoms with Crippen molar-refractivity contribution in [2.24, 2.45) is 11.5 Å². The predicted octanol–water partition coefficient (Wildman–Crippen LogP) is 0.332. The smallest absolute Gasteiger partial charge is 0.337 e. The lowest BCUT2D eigenvalue weighted by Gasteiger charge is -2.22. The second kappa shape index (κ2) is 12.1. The van der Waals surface area contributed by atoms with E-state index < -0.39 is 23.4 Å². The van der Waals surface area contributed by atoms with Gasteiger partial charge in [-0.1, -0.05) is 13.3 Å². The number of hydrogen-bond donors (Lipinski definition) is 4. The molecule has 0 saturated heterocycles. The number of carbonyl (C=O) groups excluding carboxylic acids is 1. The summed E-state index contributed by atoms with van der Waals surface area (Å²) in [5.74, 6) is -3.05. The Morgan fingerprint density at radius 2 is 1.67 bits per heavy atom. The topological polar surface area (TPSA) is 153 Å². The summed E-state index contributed by atoms with van der Waals surface area (Å²) in [7, 11) is 0. The van der Waals surface area contributed by atoms with E-state index in [0.29, 0.717) is 25.8 Å². The van der Waals surface area contributed by atoms with Crippen LogP contribution in [0.1, 0.15) is 46.0 Å². The first kappa shape index (κ1) is 21.6. The zero-order valence-corrected chi connectivity index (χ0v) is 12.6. The SMILES string of the molecule is CC(=O)O.CCCCOC(=O)[C@](N)(CCCCN)C(=O)O. The summed E-state index contributed by atoms with van der Waals surface area (Å²) in [4.78, 5) is 31.6. The summed E-state index contributed by atoms with van der Waals surface area (Å²) in [6.45, 7) is 3.68. The van der Waals surface area contributed by atoms with Gasteiger partial charge in [0.25, 0.3) is 5.97 Å². The quantitative estimate of drug-likeness (QED) is 0.270. The van der Waals surface area contributed by atoms with Crippen molar-refractivity contribution in [3.05, 3.63) is 0 Å². The van der Waals surface area contributed by atoms with Crippen LogP contribution in [0.3, 0.4) is 0 Å². The van der Waals surface area contributed by atoms with Crippen molar-refractivity contribution in [2.45, 2.75) is 51.5 Å². The summed E-state index contributed by atoms with van der Waals surface area (Å²) >= 11 is 0. The van der Waals surface area contributed by atoms with Gasteiger partial charge >= 0.3 is 11.9 Å². The fourth-order valence-corrected chi connectivity index (χ4v) is 1.28. The Morgan fingerprint density at radius 1 is 1.14 bits per heavy atom. The van der Waals surface area contributed by atoms with Gasteiger partial charge in [-0.15, -0.1) is 0 Å². The molecular weight excluding hydrogens is 280 g/mol. The Morgan fingerprint density at radius 3 is 2.05 bits per heavy atom. The summed E-state index contributed by atoms with van der Waals surface area (Å²) in [5, 5.41) is 16.4. The molecule has 1 atom stereocenters. The third-order valence-corrected chi connectivity index (χ3v) is 2.50. The van der Waals surface area contributed by atoms with Crippen LogP contribution >= 0.6 is 0 Å². The molecule has 0 rings (SSSR count). The Kier molecular flexibility index (Phi) is 12.5. The van der Waals surface area contributed by atoms with Gasteiger partial charge in [-0.3, -0.25) is 4.79 Å². The molecule has 21 heavy (non-hydrogen) atoms. The third kappa shape index (κ3) is 10.7. The highest BCUT2D eigenvalue weighted by molar-refractivity contribution is 6.03. The first-order chi connectivity index (χ1) is 9.72. The van der Waals surface area contributed by atoms with Gasteiger partial charge in [0.05, 0.1) is 6.61 Å². The van der Waals surface area contributed by atoms with E-state index in [1.54, 1.807) is 0 Å². The fraction of sp³-hybridized carbons (Fsp3) is 0.769. The van der Waals surface area contributed by atoms with Crippen LogP contribution in [0, 0.1) is 0 Å². The fourth-order valence-electron chi connectivity index (χ4n) is 1.28. The molecule has 0 saturated carbocycles. The van der Waals surface area contributed by atoms with Crippen molar-refractivity contribution in [1.29, 1.82) is 0 Å². The van der Waals surface area contributed by atoms with E-state index >= 15 is 0 Å². The van der Waals surface area contributed by atoms with Gasteiger partial charge < -0.3 is 26.4 Å². The minimum absolute atomic E-state index is 0.0461. The summed E-state index contributed by atoms with van der Waals surface area (Å²) < 4.78 is 4.86. The molecule has 0 aromatic heterocycles. The van der Waals surface area contributed by atoms with Crippen LogP contribution in [-0.2, 0) is 19.1 Å². The Bertz CT molecular complexity index is 331. The summed E-state index contributed by atoms with van der Waals surface area (Å²) in [6.07, 6.45) is 2.73. The van der Waals surface area contributed by atoms with Crippen LogP contribution in [0.25, 0.3) is 0 Å². The van der Waals surface area contributed by atoms with Crippen molar-refractivity contribution in [2.75, 3.05) is 13.2 Å². The molecule has 0 unspecified atom stereocenters. The van der Waals surface area contributed by atoms with Gasteiger partial charge in [0.1, 0.15) is 0 Å². The Labute approximate surface area is 124 Å². The van der Waals surface area contributed by atoms with Crippen molar-refractivity contribution < 1.29 is 29.3 Å². The molecule has 0 aromatic rings. The molecule has 8 heteroatoms. The molecular formula is C13H26N2O6. The Hall–Kier alpha value is -1.67. The first-order valence-electron chi connectivity index (χ1n) is 6.81. The zero-order chi connectivity index (χ0) is 16.9. The van der Waals surface area contributed by atoms with E-state index in [0.717, 1.165) is 13.3 Å². The second-order valence-electron chi connectivity index (χ2n) is 4.53. The zero-order valence-electron chi connectivity index (χ0n) is 12.6. The molecule has 0 bridgehead atoms. The van der Waals surface area contributed by atoms with Crippen LogP contribution < -0.4 is 11.5 Å². The minimum atomic E-state index is -1.94.